The number of aryl methyl sites for hydroxylation is 1. The standard InChI is InChI=1S/C11H12FNO5S/c1-7-5-8(6-9(10(7)12)11(14)15)19(16,17)13-3-2-4-18-13/h5-6H,2-4H2,1H3,(H,14,15). The van der Waals surface area contributed by atoms with Crippen LogP contribution in [0.1, 0.15) is 22.3 Å². The predicted molar refractivity (Wildman–Crippen MR) is 62.6 cm³/mol. The van der Waals surface area contributed by atoms with Crippen molar-refractivity contribution in [3.05, 3.63) is 29.1 Å². The van der Waals surface area contributed by atoms with E-state index in [0.29, 0.717) is 6.42 Å². The lowest BCUT2D eigenvalue weighted by Gasteiger charge is -2.15. The van der Waals surface area contributed by atoms with Crippen LogP contribution in [0.5, 0.6) is 0 Å². The van der Waals surface area contributed by atoms with Gasteiger partial charge in [0, 0.05) is 6.54 Å². The Labute approximate surface area is 109 Å². The second kappa shape index (κ2) is 4.87. The smallest absolute Gasteiger partial charge is 0.338 e. The third-order valence-corrected chi connectivity index (χ3v) is 4.40. The summed E-state index contributed by atoms with van der Waals surface area (Å²) in [6.07, 6.45) is 0.561. The molecule has 0 spiro atoms. The zero-order valence-corrected chi connectivity index (χ0v) is 10.9. The fourth-order valence-corrected chi connectivity index (χ4v) is 3.18. The first-order valence-corrected chi connectivity index (χ1v) is 6.97. The summed E-state index contributed by atoms with van der Waals surface area (Å²) in [4.78, 5) is 15.6. The monoisotopic (exact) mass is 289 g/mol. The van der Waals surface area contributed by atoms with E-state index in [1.54, 1.807) is 0 Å². The quantitative estimate of drug-likeness (QED) is 0.902. The molecule has 6 nitrogen and oxygen atoms in total. The lowest BCUT2D eigenvalue weighted by Crippen LogP contribution is -2.27. The highest BCUT2D eigenvalue weighted by molar-refractivity contribution is 7.89. The molecule has 0 aliphatic carbocycles. The number of nitrogens with zero attached hydrogens (tertiary/aromatic N) is 1. The fourth-order valence-electron chi connectivity index (χ4n) is 1.77. The lowest BCUT2D eigenvalue weighted by atomic mass is 10.1. The summed E-state index contributed by atoms with van der Waals surface area (Å²) < 4.78 is 38.7. The van der Waals surface area contributed by atoms with Crippen LogP contribution in [0.25, 0.3) is 0 Å². The third kappa shape index (κ3) is 2.46. The average molecular weight is 289 g/mol. The molecule has 1 aliphatic rings. The van der Waals surface area contributed by atoms with Crippen LogP contribution in [0.4, 0.5) is 4.39 Å². The van der Waals surface area contributed by atoms with E-state index in [2.05, 4.69) is 0 Å². The molecule has 0 bridgehead atoms. The SMILES string of the molecule is Cc1cc(S(=O)(=O)N2CCCO2)cc(C(=O)O)c1F. The van der Waals surface area contributed by atoms with E-state index in [1.807, 2.05) is 0 Å². The molecule has 0 radical (unpaired) electrons. The number of hydrogen-bond acceptors (Lipinski definition) is 4. The van der Waals surface area contributed by atoms with Crippen molar-refractivity contribution in [2.75, 3.05) is 13.2 Å². The predicted octanol–water partition coefficient (Wildman–Crippen LogP) is 1.16. The van der Waals surface area contributed by atoms with E-state index in [1.165, 1.54) is 6.92 Å². The first-order chi connectivity index (χ1) is 8.84. The van der Waals surface area contributed by atoms with Gasteiger partial charge in [0.25, 0.3) is 10.0 Å². The average Bonchev–Trinajstić information content (AvgIpc) is 2.86. The third-order valence-electron chi connectivity index (χ3n) is 2.74. The second-order valence-electron chi connectivity index (χ2n) is 4.13. The molecule has 1 aliphatic heterocycles. The van der Waals surface area contributed by atoms with Gasteiger partial charge < -0.3 is 5.11 Å². The molecule has 1 saturated heterocycles. The summed E-state index contributed by atoms with van der Waals surface area (Å²) in [5.41, 5.74) is -0.713. The molecule has 1 aromatic carbocycles. The van der Waals surface area contributed by atoms with Crippen molar-refractivity contribution in [2.45, 2.75) is 18.2 Å². The number of hydrogen-bond donors (Lipinski definition) is 1. The maximum atomic E-state index is 13.6. The van der Waals surface area contributed by atoms with Gasteiger partial charge in [-0.2, -0.15) is 0 Å². The van der Waals surface area contributed by atoms with Crippen molar-refractivity contribution in [3.63, 3.8) is 0 Å². The number of benzene rings is 1. The molecule has 2 rings (SSSR count). The molecule has 1 N–H and O–H groups in total. The zero-order chi connectivity index (χ0) is 14.2. The summed E-state index contributed by atoms with van der Waals surface area (Å²) in [5.74, 6) is -2.45. The van der Waals surface area contributed by atoms with Crippen LogP contribution in [-0.2, 0) is 14.9 Å². The van der Waals surface area contributed by atoms with E-state index in [-0.39, 0.29) is 23.6 Å². The summed E-state index contributed by atoms with van der Waals surface area (Å²) >= 11 is 0. The van der Waals surface area contributed by atoms with Crippen LogP contribution in [0, 0.1) is 12.7 Å². The molecular formula is C11H12FNO5S. The van der Waals surface area contributed by atoms with Gasteiger partial charge >= 0.3 is 5.97 Å². The summed E-state index contributed by atoms with van der Waals surface area (Å²) in [7, 11) is -3.95. The van der Waals surface area contributed by atoms with Gasteiger partial charge in [-0.05, 0) is 31.0 Å². The molecule has 0 aromatic heterocycles. The normalized spacial score (nSPS) is 16.7. The van der Waals surface area contributed by atoms with Gasteiger partial charge in [-0.1, -0.05) is 4.47 Å². The van der Waals surface area contributed by atoms with Crippen LogP contribution in [0.3, 0.4) is 0 Å². The first kappa shape index (κ1) is 13.9. The number of carboxylic acids is 1. The Morgan fingerprint density at radius 1 is 1.47 bits per heavy atom. The number of aromatic carboxylic acids is 1. The van der Waals surface area contributed by atoms with Gasteiger partial charge in [0.2, 0.25) is 0 Å². The van der Waals surface area contributed by atoms with E-state index in [9.17, 15) is 17.6 Å². The molecule has 0 amide bonds. The minimum absolute atomic E-state index is 0.0438. The van der Waals surface area contributed by atoms with Crippen molar-refractivity contribution in [1.29, 1.82) is 0 Å². The molecule has 0 saturated carbocycles. The Bertz CT molecular complexity index is 622. The van der Waals surface area contributed by atoms with Crippen molar-refractivity contribution in [1.82, 2.24) is 4.47 Å². The Balaban J connectivity index is 2.54. The maximum Gasteiger partial charge on any atom is 0.338 e. The van der Waals surface area contributed by atoms with Gasteiger partial charge in [-0.25, -0.2) is 17.6 Å². The summed E-state index contributed by atoms with van der Waals surface area (Å²) in [6.45, 7) is 1.79. The Kier molecular flexibility index (Phi) is 3.57. The Morgan fingerprint density at radius 3 is 2.68 bits per heavy atom. The Morgan fingerprint density at radius 2 is 2.16 bits per heavy atom. The number of carboxylic acid groups (broad SMARTS) is 1. The van der Waals surface area contributed by atoms with E-state index in [0.717, 1.165) is 16.6 Å². The highest BCUT2D eigenvalue weighted by Gasteiger charge is 2.30. The minimum Gasteiger partial charge on any atom is -0.478 e. The first-order valence-electron chi connectivity index (χ1n) is 5.53. The number of sulfonamides is 1. The highest BCUT2D eigenvalue weighted by atomic mass is 32.2. The van der Waals surface area contributed by atoms with E-state index < -0.39 is 27.4 Å². The van der Waals surface area contributed by atoms with Crippen molar-refractivity contribution < 1.29 is 27.5 Å². The molecular weight excluding hydrogens is 277 g/mol. The van der Waals surface area contributed by atoms with Crippen LogP contribution < -0.4 is 0 Å². The van der Waals surface area contributed by atoms with Gasteiger partial charge in [-0.3, -0.25) is 4.84 Å². The molecule has 1 fully saturated rings. The van der Waals surface area contributed by atoms with E-state index >= 15 is 0 Å². The number of rotatable bonds is 3. The van der Waals surface area contributed by atoms with Gasteiger partial charge in [0.15, 0.2) is 0 Å². The lowest BCUT2D eigenvalue weighted by molar-refractivity contribution is -0.0284. The molecule has 1 aromatic rings. The summed E-state index contributed by atoms with van der Waals surface area (Å²) in [6, 6.07) is 1.90. The topological polar surface area (TPSA) is 83.9 Å². The second-order valence-corrected chi connectivity index (χ2v) is 5.95. The van der Waals surface area contributed by atoms with Gasteiger partial charge in [0.1, 0.15) is 5.82 Å². The molecule has 19 heavy (non-hydrogen) atoms. The summed E-state index contributed by atoms with van der Waals surface area (Å²) in [5, 5.41) is 8.87. The molecule has 0 unspecified atom stereocenters. The fraction of sp³-hybridized carbons (Fsp3) is 0.364. The number of hydroxylamine groups is 1. The van der Waals surface area contributed by atoms with Crippen LogP contribution in [0.15, 0.2) is 17.0 Å². The van der Waals surface area contributed by atoms with Crippen molar-refractivity contribution >= 4 is 16.0 Å². The molecule has 0 atom stereocenters. The minimum atomic E-state index is -3.95. The largest absolute Gasteiger partial charge is 0.478 e. The molecule has 8 heteroatoms. The van der Waals surface area contributed by atoms with Crippen LogP contribution in [-0.4, -0.2) is 37.1 Å². The molecule has 1 heterocycles. The maximum absolute atomic E-state index is 13.6. The van der Waals surface area contributed by atoms with E-state index in [4.69, 9.17) is 9.94 Å². The van der Waals surface area contributed by atoms with Crippen molar-refractivity contribution in [2.24, 2.45) is 0 Å². The number of carbonyl (C=O) groups is 1. The van der Waals surface area contributed by atoms with Gasteiger partial charge in [-0.15, -0.1) is 0 Å². The highest BCUT2D eigenvalue weighted by Crippen LogP contribution is 2.24. The Hall–Kier alpha value is -1.51. The van der Waals surface area contributed by atoms with Gasteiger partial charge in [0.05, 0.1) is 17.1 Å². The van der Waals surface area contributed by atoms with Crippen LogP contribution in [0.2, 0.25) is 0 Å². The number of halogens is 1. The van der Waals surface area contributed by atoms with Crippen molar-refractivity contribution in [3.8, 4) is 0 Å². The zero-order valence-electron chi connectivity index (χ0n) is 10.1. The molecule has 104 valence electrons. The van der Waals surface area contributed by atoms with Crippen LogP contribution >= 0.6 is 0 Å².